The van der Waals surface area contributed by atoms with Crippen molar-refractivity contribution in [1.29, 1.82) is 0 Å². The molecule has 1 aromatic rings. The van der Waals surface area contributed by atoms with Crippen molar-refractivity contribution >= 4 is 18.5 Å². The van der Waals surface area contributed by atoms with Gasteiger partial charge >= 0.3 is 0 Å². The van der Waals surface area contributed by atoms with Gasteiger partial charge in [-0.2, -0.15) is 0 Å². The molecule has 0 heterocycles. The predicted molar refractivity (Wildman–Crippen MR) is 72.7 cm³/mol. The SMILES string of the molecule is CCC(CO)(CO)NC(=O)Cc1ccc(S)cc1. The Morgan fingerprint density at radius 1 is 1.28 bits per heavy atom. The van der Waals surface area contributed by atoms with E-state index in [0.29, 0.717) is 6.42 Å². The molecule has 0 aliphatic rings. The van der Waals surface area contributed by atoms with Crippen molar-refractivity contribution < 1.29 is 15.0 Å². The van der Waals surface area contributed by atoms with Crippen LogP contribution >= 0.6 is 12.6 Å². The highest BCUT2D eigenvalue weighted by molar-refractivity contribution is 7.80. The molecule has 0 radical (unpaired) electrons. The molecule has 3 N–H and O–H groups in total. The molecule has 0 spiro atoms. The lowest BCUT2D eigenvalue weighted by Gasteiger charge is -2.29. The molecule has 1 aromatic carbocycles. The minimum Gasteiger partial charge on any atom is -0.394 e. The fourth-order valence-corrected chi connectivity index (χ4v) is 1.73. The van der Waals surface area contributed by atoms with E-state index in [1.807, 2.05) is 31.2 Å². The molecular weight excluding hydrogens is 250 g/mol. The monoisotopic (exact) mass is 269 g/mol. The minimum atomic E-state index is -0.930. The van der Waals surface area contributed by atoms with Crippen LogP contribution in [-0.2, 0) is 11.2 Å². The van der Waals surface area contributed by atoms with Gasteiger partial charge in [0.1, 0.15) is 0 Å². The van der Waals surface area contributed by atoms with Crippen molar-refractivity contribution in [2.45, 2.75) is 30.2 Å². The zero-order chi connectivity index (χ0) is 13.6. The number of hydrogen-bond donors (Lipinski definition) is 4. The van der Waals surface area contributed by atoms with Crippen LogP contribution < -0.4 is 5.32 Å². The highest BCUT2D eigenvalue weighted by atomic mass is 32.1. The van der Waals surface area contributed by atoms with E-state index in [9.17, 15) is 15.0 Å². The Morgan fingerprint density at radius 3 is 2.28 bits per heavy atom. The van der Waals surface area contributed by atoms with Gasteiger partial charge in [-0.3, -0.25) is 4.79 Å². The zero-order valence-electron chi connectivity index (χ0n) is 10.4. The lowest BCUT2D eigenvalue weighted by Crippen LogP contribution is -2.54. The number of nitrogens with one attached hydrogen (secondary N) is 1. The first-order valence-corrected chi connectivity index (χ1v) is 6.30. The van der Waals surface area contributed by atoms with Gasteiger partial charge in [0.2, 0.25) is 5.91 Å². The Labute approximate surface area is 112 Å². The van der Waals surface area contributed by atoms with Crippen LogP contribution in [-0.4, -0.2) is 34.9 Å². The number of carbonyl (C=O) groups excluding carboxylic acids is 1. The van der Waals surface area contributed by atoms with E-state index in [0.717, 1.165) is 10.5 Å². The topological polar surface area (TPSA) is 69.6 Å². The summed E-state index contributed by atoms with van der Waals surface area (Å²) in [5.41, 5.74) is -0.0632. The number of amides is 1. The molecule has 0 unspecified atom stereocenters. The molecule has 1 amide bonds. The van der Waals surface area contributed by atoms with Crippen LogP contribution in [0.25, 0.3) is 0 Å². The maximum atomic E-state index is 11.8. The molecule has 4 nitrogen and oxygen atoms in total. The predicted octanol–water partition coefficient (Wildman–Crippen LogP) is 0.767. The molecule has 0 fully saturated rings. The molecule has 0 bridgehead atoms. The lowest BCUT2D eigenvalue weighted by molar-refractivity contribution is -0.123. The van der Waals surface area contributed by atoms with Gasteiger partial charge < -0.3 is 15.5 Å². The van der Waals surface area contributed by atoms with E-state index in [1.54, 1.807) is 0 Å². The maximum Gasteiger partial charge on any atom is 0.225 e. The van der Waals surface area contributed by atoms with Crippen LogP contribution in [0.4, 0.5) is 0 Å². The van der Waals surface area contributed by atoms with Crippen molar-refractivity contribution in [2.24, 2.45) is 0 Å². The molecule has 0 saturated carbocycles. The number of thiol groups is 1. The Balaban J connectivity index is 2.63. The van der Waals surface area contributed by atoms with Gasteiger partial charge in [-0.25, -0.2) is 0 Å². The molecular formula is C13H19NO3S. The van der Waals surface area contributed by atoms with E-state index in [-0.39, 0.29) is 25.5 Å². The van der Waals surface area contributed by atoms with Crippen molar-refractivity contribution in [1.82, 2.24) is 5.32 Å². The van der Waals surface area contributed by atoms with E-state index in [4.69, 9.17) is 0 Å². The second-order valence-corrected chi connectivity index (χ2v) is 4.86. The third kappa shape index (κ3) is 4.01. The van der Waals surface area contributed by atoms with Crippen molar-refractivity contribution in [3.63, 3.8) is 0 Å². The zero-order valence-corrected chi connectivity index (χ0v) is 11.3. The van der Waals surface area contributed by atoms with Crippen LogP contribution in [0.15, 0.2) is 29.2 Å². The van der Waals surface area contributed by atoms with Gasteiger partial charge in [-0.05, 0) is 24.1 Å². The summed E-state index contributed by atoms with van der Waals surface area (Å²) in [5.74, 6) is -0.216. The molecule has 0 aliphatic heterocycles. The Bertz CT molecular complexity index is 379. The van der Waals surface area contributed by atoms with Gasteiger partial charge in [-0.15, -0.1) is 12.6 Å². The van der Waals surface area contributed by atoms with Crippen LogP contribution in [0.1, 0.15) is 18.9 Å². The second kappa shape index (κ2) is 6.78. The molecule has 0 aromatic heterocycles. The van der Waals surface area contributed by atoms with Crippen molar-refractivity contribution in [2.75, 3.05) is 13.2 Å². The number of hydrogen-bond acceptors (Lipinski definition) is 4. The fourth-order valence-electron chi connectivity index (χ4n) is 1.58. The first-order chi connectivity index (χ1) is 8.55. The summed E-state index contributed by atoms with van der Waals surface area (Å²) in [6.45, 7) is 1.26. The summed E-state index contributed by atoms with van der Waals surface area (Å²) < 4.78 is 0. The Kier molecular flexibility index (Phi) is 5.65. The smallest absolute Gasteiger partial charge is 0.225 e. The standard InChI is InChI=1S/C13H19NO3S/c1-2-13(8-15,9-16)14-12(17)7-10-3-5-11(18)6-4-10/h3-6,15-16,18H,2,7-9H2,1H3,(H,14,17). The quantitative estimate of drug-likeness (QED) is 0.577. The van der Waals surface area contributed by atoms with E-state index >= 15 is 0 Å². The molecule has 1 rings (SSSR count). The van der Waals surface area contributed by atoms with Gasteiger partial charge in [0.15, 0.2) is 0 Å². The normalized spacial score (nSPS) is 11.3. The maximum absolute atomic E-state index is 11.8. The first kappa shape index (κ1) is 15.0. The van der Waals surface area contributed by atoms with Crippen LogP contribution in [0.2, 0.25) is 0 Å². The van der Waals surface area contributed by atoms with Gasteiger partial charge in [0, 0.05) is 4.90 Å². The van der Waals surface area contributed by atoms with E-state index in [1.165, 1.54) is 0 Å². The third-order valence-electron chi connectivity index (χ3n) is 2.99. The molecule has 18 heavy (non-hydrogen) atoms. The summed E-state index contributed by atoms with van der Waals surface area (Å²) >= 11 is 4.17. The highest BCUT2D eigenvalue weighted by Gasteiger charge is 2.28. The number of rotatable bonds is 6. The van der Waals surface area contributed by atoms with Gasteiger partial charge in [0.05, 0.1) is 25.2 Å². The van der Waals surface area contributed by atoms with Gasteiger partial charge in [0.25, 0.3) is 0 Å². The van der Waals surface area contributed by atoms with E-state index < -0.39 is 5.54 Å². The summed E-state index contributed by atoms with van der Waals surface area (Å²) in [4.78, 5) is 12.7. The van der Waals surface area contributed by atoms with E-state index in [2.05, 4.69) is 17.9 Å². The number of carbonyl (C=O) groups is 1. The summed E-state index contributed by atoms with van der Waals surface area (Å²) in [5, 5.41) is 21.2. The number of benzene rings is 1. The molecule has 0 aliphatic carbocycles. The van der Waals surface area contributed by atoms with Crippen molar-refractivity contribution in [3.8, 4) is 0 Å². The average Bonchev–Trinajstić information content (AvgIpc) is 2.39. The van der Waals surface area contributed by atoms with Crippen LogP contribution in [0, 0.1) is 0 Å². The largest absolute Gasteiger partial charge is 0.394 e. The Hall–Kier alpha value is -1.04. The summed E-state index contributed by atoms with van der Waals surface area (Å²) in [7, 11) is 0. The lowest BCUT2D eigenvalue weighted by atomic mass is 9.98. The third-order valence-corrected chi connectivity index (χ3v) is 3.29. The molecule has 100 valence electrons. The first-order valence-electron chi connectivity index (χ1n) is 5.86. The van der Waals surface area contributed by atoms with Crippen LogP contribution in [0.5, 0.6) is 0 Å². The fraction of sp³-hybridized carbons (Fsp3) is 0.462. The number of aliphatic hydroxyl groups excluding tert-OH is 2. The van der Waals surface area contributed by atoms with Crippen molar-refractivity contribution in [3.05, 3.63) is 29.8 Å². The van der Waals surface area contributed by atoms with Crippen LogP contribution in [0.3, 0.4) is 0 Å². The number of aliphatic hydroxyl groups is 2. The summed E-state index contributed by atoms with van der Waals surface area (Å²) in [6.07, 6.45) is 0.692. The molecule has 0 saturated heterocycles. The average molecular weight is 269 g/mol. The second-order valence-electron chi connectivity index (χ2n) is 4.34. The molecule has 0 atom stereocenters. The Morgan fingerprint density at radius 2 is 1.83 bits per heavy atom. The minimum absolute atomic E-state index is 0.216. The highest BCUT2D eigenvalue weighted by Crippen LogP contribution is 2.11. The molecule has 5 heteroatoms. The summed E-state index contributed by atoms with van der Waals surface area (Å²) in [6, 6.07) is 7.29. The van der Waals surface area contributed by atoms with Gasteiger partial charge in [-0.1, -0.05) is 19.1 Å².